The Morgan fingerprint density at radius 1 is 0.636 bits per heavy atom. The van der Waals surface area contributed by atoms with E-state index in [1.54, 1.807) is 0 Å². The number of benzene rings is 3. The summed E-state index contributed by atoms with van der Waals surface area (Å²) in [5, 5.41) is 0. The van der Waals surface area contributed by atoms with Gasteiger partial charge in [0, 0.05) is 0 Å². The lowest BCUT2D eigenvalue weighted by Gasteiger charge is -2.31. The van der Waals surface area contributed by atoms with Crippen molar-refractivity contribution in [2.45, 2.75) is 12.3 Å². The Labute approximate surface area is 132 Å². The predicted octanol–water partition coefficient (Wildman–Crippen LogP) is 5.07. The number of rotatable bonds is 5. The fraction of sp³-hybridized carbons (Fsp3) is 0.143. The molecule has 0 aliphatic carbocycles. The van der Waals surface area contributed by atoms with Crippen LogP contribution in [0.4, 0.5) is 0 Å². The first-order valence-electron chi connectivity index (χ1n) is 7.58. The third-order valence-electron chi connectivity index (χ3n) is 4.09. The molecule has 22 heavy (non-hydrogen) atoms. The minimum absolute atomic E-state index is 0.182. The minimum Gasteiger partial charge on any atom is -0.492 e. The first-order valence-corrected chi connectivity index (χ1v) is 7.58. The zero-order chi connectivity index (χ0) is 15.3. The molecule has 0 bridgehead atoms. The van der Waals surface area contributed by atoms with Crippen LogP contribution in [0.1, 0.15) is 18.1 Å². The monoisotopic (exact) mass is 288 g/mol. The van der Waals surface area contributed by atoms with Gasteiger partial charge in [-0.1, -0.05) is 78.9 Å². The Bertz CT molecular complexity index is 650. The molecule has 0 saturated carbocycles. The third kappa shape index (κ3) is 3.04. The minimum atomic E-state index is -0.182. The summed E-state index contributed by atoms with van der Waals surface area (Å²) in [7, 11) is 0. The van der Waals surface area contributed by atoms with Gasteiger partial charge in [0.05, 0.1) is 5.41 Å². The fourth-order valence-electron chi connectivity index (χ4n) is 2.69. The van der Waals surface area contributed by atoms with E-state index in [9.17, 15) is 0 Å². The highest BCUT2D eigenvalue weighted by Crippen LogP contribution is 2.32. The molecule has 3 rings (SSSR count). The summed E-state index contributed by atoms with van der Waals surface area (Å²) in [5.41, 5.74) is 2.34. The van der Waals surface area contributed by atoms with Crippen molar-refractivity contribution in [3.05, 3.63) is 102 Å². The number of hydrogen-bond acceptors (Lipinski definition) is 1. The number of hydrogen-bond donors (Lipinski definition) is 0. The summed E-state index contributed by atoms with van der Waals surface area (Å²) < 4.78 is 6.08. The lowest BCUT2D eigenvalue weighted by atomic mass is 9.77. The largest absolute Gasteiger partial charge is 0.492 e. The quantitative estimate of drug-likeness (QED) is 0.636. The van der Waals surface area contributed by atoms with Gasteiger partial charge in [-0.3, -0.25) is 0 Å². The first-order chi connectivity index (χ1) is 10.8. The van der Waals surface area contributed by atoms with Gasteiger partial charge in [-0.05, 0) is 30.2 Å². The smallest absolute Gasteiger partial charge is 0.119 e. The molecule has 0 saturated heterocycles. The number of ether oxygens (including phenoxy) is 1. The van der Waals surface area contributed by atoms with Gasteiger partial charge in [0.25, 0.3) is 0 Å². The maximum Gasteiger partial charge on any atom is 0.119 e. The second-order valence-corrected chi connectivity index (χ2v) is 5.67. The van der Waals surface area contributed by atoms with Crippen LogP contribution in [0.5, 0.6) is 5.75 Å². The fourth-order valence-corrected chi connectivity index (χ4v) is 2.69. The first kappa shape index (κ1) is 14.4. The molecule has 0 aliphatic rings. The van der Waals surface area contributed by atoms with Gasteiger partial charge >= 0.3 is 0 Å². The molecule has 3 aromatic carbocycles. The van der Waals surface area contributed by atoms with Crippen molar-refractivity contribution in [1.29, 1.82) is 0 Å². The van der Waals surface area contributed by atoms with E-state index >= 15 is 0 Å². The summed E-state index contributed by atoms with van der Waals surface area (Å²) in [6, 6.07) is 31.1. The zero-order valence-electron chi connectivity index (χ0n) is 12.8. The molecule has 0 aliphatic heterocycles. The molecule has 0 radical (unpaired) electrons. The van der Waals surface area contributed by atoms with E-state index in [2.05, 4.69) is 55.5 Å². The van der Waals surface area contributed by atoms with E-state index in [4.69, 9.17) is 4.74 Å². The molecule has 110 valence electrons. The molecule has 1 nitrogen and oxygen atoms in total. The summed E-state index contributed by atoms with van der Waals surface area (Å²) in [5.74, 6) is 0.903. The van der Waals surface area contributed by atoms with Crippen LogP contribution >= 0.6 is 0 Å². The van der Waals surface area contributed by atoms with E-state index in [0.717, 1.165) is 5.75 Å². The van der Waals surface area contributed by atoms with Crippen LogP contribution in [-0.2, 0) is 5.41 Å². The van der Waals surface area contributed by atoms with Crippen LogP contribution in [0.25, 0.3) is 0 Å². The standard InChI is InChI=1S/C21H20O/c1-21(18-11-5-2-6-12-18,19-13-7-3-8-14-19)17-22-20-15-9-4-10-16-20/h2-16H,17H2,1H3. The van der Waals surface area contributed by atoms with Gasteiger partial charge in [0.15, 0.2) is 0 Å². The molecule has 1 heteroatoms. The molecular formula is C21H20O. The van der Waals surface area contributed by atoms with Gasteiger partial charge in [-0.15, -0.1) is 0 Å². The highest BCUT2D eigenvalue weighted by Gasteiger charge is 2.29. The molecule has 0 fully saturated rings. The highest BCUT2D eigenvalue weighted by atomic mass is 16.5. The van der Waals surface area contributed by atoms with Crippen LogP contribution in [0.2, 0.25) is 0 Å². The molecular weight excluding hydrogens is 268 g/mol. The van der Waals surface area contributed by atoms with E-state index in [-0.39, 0.29) is 5.41 Å². The number of para-hydroxylation sites is 1. The molecule has 0 amide bonds. The summed E-state index contributed by atoms with van der Waals surface area (Å²) >= 11 is 0. The zero-order valence-corrected chi connectivity index (χ0v) is 12.8. The lowest BCUT2D eigenvalue weighted by Crippen LogP contribution is -2.31. The Morgan fingerprint density at radius 3 is 1.50 bits per heavy atom. The SMILES string of the molecule is CC(COc1ccccc1)(c1ccccc1)c1ccccc1. The van der Waals surface area contributed by atoms with Crippen molar-refractivity contribution in [2.24, 2.45) is 0 Å². The molecule has 0 spiro atoms. The Balaban J connectivity index is 1.93. The van der Waals surface area contributed by atoms with E-state index in [0.29, 0.717) is 6.61 Å². The summed E-state index contributed by atoms with van der Waals surface area (Å²) in [6.45, 7) is 2.84. The van der Waals surface area contributed by atoms with Crippen molar-refractivity contribution in [3.63, 3.8) is 0 Å². The van der Waals surface area contributed by atoms with Crippen LogP contribution < -0.4 is 4.74 Å². The van der Waals surface area contributed by atoms with Crippen LogP contribution in [0, 0.1) is 0 Å². The molecule has 0 unspecified atom stereocenters. The highest BCUT2D eigenvalue weighted by molar-refractivity contribution is 5.39. The molecule has 0 heterocycles. The average Bonchev–Trinajstić information content (AvgIpc) is 2.62. The van der Waals surface area contributed by atoms with E-state index in [1.165, 1.54) is 11.1 Å². The van der Waals surface area contributed by atoms with E-state index < -0.39 is 0 Å². The van der Waals surface area contributed by atoms with Crippen LogP contribution in [0.15, 0.2) is 91.0 Å². The van der Waals surface area contributed by atoms with Crippen LogP contribution in [-0.4, -0.2) is 6.61 Å². The van der Waals surface area contributed by atoms with E-state index in [1.807, 2.05) is 42.5 Å². The normalized spacial score (nSPS) is 11.1. The molecule has 3 aromatic rings. The lowest BCUT2D eigenvalue weighted by molar-refractivity contribution is 0.254. The van der Waals surface area contributed by atoms with Gasteiger partial charge in [-0.25, -0.2) is 0 Å². The summed E-state index contributed by atoms with van der Waals surface area (Å²) in [4.78, 5) is 0. The topological polar surface area (TPSA) is 9.23 Å². The van der Waals surface area contributed by atoms with Gasteiger partial charge in [0.1, 0.15) is 12.4 Å². The molecule has 0 aromatic heterocycles. The Kier molecular flexibility index (Phi) is 4.24. The van der Waals surface area contributed by atoms with Gasteiger partial charge < -0.3 is 4.74 Å². The summed E-state index contributed by atoms with van der Waals surface area (Å²) in [6.07, 6.45) is 0. The predicted molar refractivity (Wildman–Crippen MR) is 91.3 cm³/mol. The Morgan fingerprint density at radius 2 is 1.05 bits per heavy atom. The molecule has 0 atom stereocenters. The van der Waals surface area contributed by atoms with Crippen molar-refractivity contribution >= 4 is 0 Å². The maximum absolute atomic E-state index is 6.08. The second-order valence-electron chi connectivity index (χ2n) is 5.67. The Hall–Kier alpha value is -2.54. The molecule has 0 N–H and O–H groups in total. The maximum atomic E-state index is 6.08. The van der Waals surface area contributed by atoms with Gasteiger partial charge in [-0.2, -0.15) is 0 Å². The van der Waals surface area contributed by atoms with Crippen molar-refractivity contribution in [3.8, 4) is 5.75 Å². The van der Waals surface area contributed by atoms with Crippen molar-refractivity contribution in [1.82, 2.24) is 0 Å². The van der Waals surface area contributed by atoms with Crippen LogP contribution in [0.3, 0.4) is 0 Å². The van der Waals surface area contributed by atoms with Crippen molar-refractivity contribution < 1.29 is 4.74 Å². The van der Waals surface area contributed by atoms with Gasteiger partial charge in [0.2, 0.25) is 0 Å². The second kappa shape index (κ2) is 6.48. The third-order valence-corrected chi connectivity index (χ3v) is 4.09. The van der Waals surface area contributed by atoms with Crippen molar-refractivity contribution in [2.75, 3.05) is 6.61 Å². The average molecular weight is 288 g/mol.